The highest BCUT2D eigenvalue weighted by atomic mass is 16.6. The van der Waals surface area contributed by atoms with Crippen molar-refractivity contribution in [2.75, 3.05) is 13.7 Å². The van der Waals surface area contributed by atoms with Crippen molar-refractivity contribution in [3.8, 4) is 0 Å². The van der Waals surface area contributed by atoms with Crippen LogP contribution >= 0.6 is 0 Å². The van der Waals surface area contributed by atoms with Crippen LogP contribution in [0.2, 0.25) is 0 Å². The molecule has 1 fully saturated rings. The summed E-state index contributed by atoms with van der Waals surface area (Å²) < 4.78 is 42.9. The number of hydrogen-bond acceptors (Lipinski definition) is 10. The van der Waals surface area contributed by atoms with E-state index in [0.29, 0.717) is 19.6 Å². The number of alkyl carbamates (subject to hydrolysis) is 1. The van der Waals surface area contributed by atoms with E-state index in [2.05, 4.69) is 18.5 Å². The Morgan fingerprint density at radius 3 is 1.70 bits per heavy atom. The van der Waals surface area contributed by atoms with Crippen molar-refractivity contribution >= 4 is 18.0 Å². The van der Waals surface area contributed by atoms with Gasteiger partial charge in [-0.1, -0.05) is 103 Å². The standard InChI is InChI=1S/C45H57NO10/c1-7-19-36-39(52-29-33-20-12-9-13-21-33)41(54-31-35-24-16-11-17-25-35)40(53-30-34-22-14-10-15-23-34)37(55-36)32-51-38(47)26-18-28-45(27-8-2,42(48)50-6)46-43(49)56-44(3,4)5/h7-17,20-25,36-37,39-41H,1-2,18-19,26-32H2,3-6H3,(H,46,49)/t36-,37-,39+,40+,41-,45?/m1/s1. The van der Waals surface area contributed by atoms with Gasteiger partial charge >= 0.3 is 18.0 Å². The normalized spacial score (nSPS) is 20.5. The molecule has 1 saturated heterocycles. The van der Waals surface area contributed by atoms with Crippen molar-refractivity contribution in [1.29, 1.82) is 0 Å². The predicted molar refractivity (Wildman–Crippen MR) is 212 cm³/mol. The third-order valence-corrected chi connectivity index (χ3v) is 9.19. The third kappa shape index (κ3) is 13.7. The van der Waals surface area contributed by atoms with Gasteiger partial charge in [-0.2, -0.15) is 0 Å². The summed E-state index contributed by atoms with van der Waals surface area (Å²) in [6.07, 6.45) is 0.112. The summed E-state index contributed by atoms with van der Waals surface area (Å²) in [5.41, 5.74) is 0.644. The van der Waals surface area contributed by atoms with Crippen LogP contribution in [0.25, 0.3) is 0 Å². The molecule has 0 bridgehead atoms. The molecule has 1 heterocycles. The van der Waals surface area contributed by atoms with E-state index in [1.165, 1.54) is 13.2 Å². The van der Waals surface area contributed by atoms with Crippen LogP contribution in [0.4, 0.5) is 4.79 Å². The fraction of sp³-hybridized carbons (Fsp3) is 0.444. The fourth-order valence-corrected chi connectivity index (χ4v) is 6.55. The maximum Gasteiger partial charge on any atom is 0.408 e. The zero-order valence-corrected chi connectivity index (χ0v) is 33.1. The molecule has 1 unspecified atom stereocenters. The number of esters is 2. The van der Waals surface area contributed by atoms with Crippen LogP contribution in [-0.2, 0) is 62.6 Å². The second-order valence-corrected chi connectivity index (χ2v) is 14.8. The highest BCUT2D eigenvalue weighted by Crippen LogP contribution is 2.33. The second-order valence-electron chi connectivity index (χ2n) is 14.8. The van der Waals surface area contributed by atoms with Crippen LogP contribution in [0.1, 0.15) is 69.6 Å². The van der Waals surface area contributed by atoms with E-state index in [1.807, 2.05) is 91.0 Å². The van der Waals surface area contributed by atoms with Gasteiger partial charge in [-0.15, -0.1) is 13.2 Å². The van der Waals surface area contributed by atoms with Gasteiger partial charge in [0.05, 0.1) is 33.0 Å². The van der Waals surface area contributed by atoms with E-state index in [0.717, 1.165) is 16.7 Å². The molecule has 0 saturated carbocycles. The van der Waals surface area contributed by atoms with Crippen LogP contribution < -0.4 is 5.32 Å². The molecule has 3 aromatic rings. The number of amides is 1. The molecule has 0 aromatic heterocycles. The molecule has 6 atom stereocenters. The smallest absolute Gasteiger partial charge is 0.408 e. The van der Waals surface area contributed by atoms with E-state index in [-0.39, 0.29) is 38.9 Å². The topological polar surface area (TPSA) is 128 Å². The molecule has 4 rings (SSSR count). The molecule has 1 N–H and O–H groups in total. The first-order chi connectivity index (χ1) is 27.0. The minimum atomic E-state index is -1.49. The SMILES string of the molecule is C=CC[C@H]1O[C@H](COC(=O)CCCC(CC=C)(NC(=O)OC(C)(C)C)C(=O)OC)[C@H](OCc2ccccc2)[C@H](OCc2ccccc2)[C@H]1OCc1ccccc1. The number of benzene rings is 3. The van der Waals surface area contributed by atoms with Gasteiger partial charge in [0.1, 0.15) is 42.2 Å². The lowest BCUT2D eigenvalue weighted by atomic mass is 9.89. The lowest BCUT2D eigenvalue weighted by Crippen LogP contribution is -2.61. The monoisotopic (exact) mass is 771 g/mol. The zero-order valence-electron chi connectivity index (χ0n) is 33.1. The van der Waals surface area contributed by atoms with Gasteiger partial charge in [0.2, 0.25) is 0 Å². The first-order valence-electron chi connectivity index (χ1n) is 19.1. The van der Waals surface area contributed by atoms with Crippen LogP contribution in [0.5, 0.6) is 0 Å². The minimum Gasteiger partial charge on any atom is -0.467 e. The Kier molecular flexibility index (Phi) is 17.3. The fourth-order valence-electron chi connectivity index (χ4n) is 6.55. The molecule has 0 spiro atoms. The molecule has 0 aliphatic carbocycles. The summed E-state index contributed by atoms with van der Waals surface area (Å²) in [5, 5.41) is 2.67. The number of carbonyl (C=O) groups excluding carboxylic acids is 3. The number of rotatable bonds is 21. The predicted octanol–water partition coefficient (Wildman–Crippen LogP) is 7.81. The molecule has 3 aromatic carbocycles. The van der Waals surface area contributed by atoms with Crippen molar-refractivity contribution in [2.45, 2.75) is 114 Å². The Hall–Kier alpha value is -4.81. The van der Waals surface area contributed by atoms with Gasteiger partial charge in [-0.3, -0.25) is 4.79 Å². The van der Waals surface area contributed by atoms with Crippen LogP contribution in [-0.4, -0.2) is 73.4 Å². The molecule has 302 valence electrons. The molecule has 11 heteroatoms. The van der Waals surface area contributed by atoms with E-state index in [9.17, 15) is 14.4 Å². The number of carbonyl (C=O) groups is 3. The zero-order chi connectivity index (χ0) is 40.4. The Labute approximate surface area is 331 Å². The molecule has 1 aliphatic heterocycles. The average Bonchev–Trinajstić information content (AvgIpc) is 3.18. The van der Waals surface area contributed by atoms with Crippen molar-refractivity contribution in [1.82, 2.24) is 5.32 Å². The summed E-state index contributed by atoms with van der Waals surface area (Å²) in [7, 11) is 1.24. The Bertz CT molecular complexity index is 1660. The summed E-state index contributed by atoms with van der Waals surface area (Å²) in [6.45, 7) is 13.6. The Balaban J connectivity index is 1.54. The molecule has 56 heavy (non-hydrogen) atoms. The Morgan fingerprint density at radius 2 is 1.23 bits per heavy atom. The number of ether oxygens (including phenoxy) is 7. The lowest BCUT2D eigenvalue weighted by Gasteiger charge is -2.46. The number of hydrogen-bond donors (Lipinski definition) is 1. The molecular formula is C45H57NO10. The summed E-state index contributed by atoms with van der Waals surface area (Å²) in [6, 6.07) is 29.5. The first-order valence-corrected chi connectivity index (χ1v) is 19.1. The van der Waals surface area contributed by atoms with E-state index < -0.39 is 59.7 Å². The third-order valence-electron chi connectivity index (χ3n) is 9.19. The van der Waals surface area contributed by atoms with Gasteiger partial charge in [0, 0.05) is 6.42 Å². The van der Waals surface area contributed by atoms with Crippen LogP contribution in [0.15, 0.2) is 116 Å². The number of nitrogens with one attached hydrogen (secondary N) is 1. The van der Waals surface area contributed by atoms with Crippen LogP contribution in [0.3, 0.4) is 0 Å². The molecular weight excluding hydrogens is 714 g/mol. The maximum absolute atomic E-state index is 13.3. The van der Waals surface area contributed by atoms with Crippen molar-refractivity contribution < 1.29 is 47.5 Å². The maximum atomic E-state index is 13.3. The van der Waals surface area contributed by atoms with Gasteiger partial charge in [0.25, 0.3) is 0 Å². The summed E-state index contributed by atoms with van der Waals surface area (Å²) in [5.74, 6) is -1.20. The second kappa shape index (κ2) is 22.1. The summed E-state index contributed by atoms with van der Waals surface area (Å²) in [4.78, 5) is 39.1. The van der Waals surface area contributed by atoms with Crippen LogP contribution in [0, 0.1) is 0 Å². The first kappa shape index (κ1) is 43.9. The lowest BCUT2D eigenvalue weighted by molar-refractivity contribution is -0.270. The highest BCUT2D eigenvalue weighted by Gasteiger charge is 2.48. The molecule has 0 radical (unpaired) electrons. The number of methoxy groups -OCH3 is 1. The van der Waals surface area contributed by atoms with E-state index >= 15 is 0 Å². The van der Waals surface area contributed by atoms with Gasteiger partial charge < -0.3 is 38.5 Å². The van der Waals surface area contributed by atoms with Crippen molar-refractivity contribution in [2.24, 2.45) is 0 Å². The van der Waals surface area contributed by atoms with Gasteiger partial charge in [-0.25, -0.2) is 9.59 Å². The average molecular weight is 772 g/mol. The molecule has 1 aliphatic rings. The minimum absolute atomic E-state index is 0.0546. The Morgan fingerprint density at radius 1 is 0.732 bits per heavy atom. The van der Waals surface area contributed by atoms with E-state index in [1.54, 1.807) is 26.8 Å². The highest BCUT2D eigenvalue weighted by molar-refractivity contribution is 5.86. The molecule has 11 nitrogen and oxygen atoms in total. The molecule has 1 amide bonds. The van der Waals surface area contributed by atoms with Gasteiger partial charge in [-0.05, 0) is 63.1 Å². The van der Waals surface area contributed by atoms with Crippen molar-refractivity contribution in [3.63, 3.8) is 0 Å². The summed E-state index contributed by atoms with van der Waals surface area (Å²) >= 11 is 0. The quantitative estimate of drug-likeness (QED) is 0.0651. The largest absolute Gasteiger partial charge is 0.467 e. The van der Waals surface area contributed by atoms with Crippen molar-refractivity contribution in [3.05, 3.63) is 133 Å². The van der Waals surface area contributed by atoms with E-state index in [4.69, 9.17) is 33.2 Å². The van der Waals surface area contributed by atoms with Gasteiger partial charge in [0.15, 0.2) is 0 Å².